The first kappa shape index (κ1) is 18.2. The summed E-state index contributed by atoms with van der Waals surface area (Å²) in [7, 11) is 3.57. The molecule has 0 radical (unpaired) electrons. The highest BCUT2D eigenvalue weighted by Gasteiger charge is 2.20. The Morgan fingerprint density at radius 3 is 2.70 bits per heavy atom. The normalized spacial score (nSPS) is 13.5. The van der Waals surface area contributed by atoms with Crippen LogP contribution in [0.25, 0.3) is 39.2 Å². The van der Waals surface area contributed by atoms with Crippen molar-refractivity contribution in [3.05, 3.63) is 66.8 Å². The number of benzene rings is 2. The Kier molecular flexibility index (Phi) is 4.55. The lowest BCUT2D eigenvalue weighted by atomic mass is 10.0. The van der Waals surface area contributed by atoms with Crippen LogP contribution in [-0.4, -0.2) is 40.0 Å². The molecule has 0 saturated carbocycles. The van der Waals surface area contributed by atoms with Crippen molar-refractivity contribution in [1.82, 2.24) is 25.1 Å². The van der Waals surface area contributed by atoms with E-state index in [-0.39, 0.29) is 0 Å². The molecule has 4 aromatic rings. The summed E-state index contributed by atoms with van der Waals surface area (Å²) in [6, 6.07) is 14.1. The average molecular weight is 399 g/mol. The Bertz CT molecular complexity index is 1250. The molecule has 5 rings (SSSR count). The van der Waals surface area contributed by atoms with E-state index in [0.29, 0.717) is 12.4 Å². The fourth-order valence-corrected chi connectivity index (χ4v) is 3.71. The van der Waals surface area contributed by atoms with E-state index in [9.17, 15) is 0 Å². The van der Waals surface area contributed by atoms with Crippen LogP contribution >= 0.6 is 0 Å². The summed E-state index contributed by atoms with van der Waals surface area (Å²) in [5, 5.41) is 8.83. The van der Waals surface area contributed by atoms with Gasteiger partial charge in [0.2, 0.25) is 0 Å². The molecule has 0 saturated heterocycles. The predicted octanol–water partition coefficient (Wildman–Crippen LogP) is 3.62. The molecule has 0 atom stereocenters. The van der Waals surface area contributed by atoms with Crippen molar-refractivity contribution in [2.45, 2.75) is 0 Å². The van der Waals surface area contributed by atoms with Crippen LogP contribution < -0.4 is 10.1 Å². The number of hydrogen-bond donors (Lipinski definition) is 1. The minimum absolute atomic E-state index is 0.603. The van der Waals surface area contributed by atoms with E-state index in [4.69, 9.17) is 14.6 Å². The SMILES string of the molecule is COc1cc2ncnc(-c3cn(C)nc3-c3ccccc3)c2cc1C1=CNCCO1. The van der Waals surface area contributed by atoms with E-state index in [1.54, 1.807) is 13.4 Å². The zero-order valence-electron chi connectivity index (χ0n) is 16.8. The second-order valence-corrected chi connectivity index (χ2v) is 7.03. The smallest absolute Gasteiger partial charge is 0.145 e. The number of nitrogens with one attached hydrogen (secondary N) is 1. The number of methoxy groups -OCH3 is 1. The molecule has 2 aromatic heterocycles. The van der Waals surface area contributed by atoms with Crippen molar-refractivity contribution >= 4 is 16.7 Å². The van der Waals surface area contributed by atoms with Crippen LogP contribution in [-0.2, 0) is 11.8 Å². The van der Waals surface area contributed by atoms with Gasteiger partial charge in [0.15, 0.2) is 0 Å². The lowest BCUT2D eigenvalue weighted by Crippen LogP contribution is -2.19. The summed E-state index contributed by atoms with van der Waals surface area (Å²) in [5.74, 6) is 1.45. The number of aromatic nitrogens is 4. The van der Waals surface area contributed by atoms with E-state index in [0.717, 1.165) is 51.3 Å². The van der Waals surface area contributed by atoms with Gasteiger partial charge in [0.1, 0.15) is 30.1 Å². The molecule has 1 N–H and O–H groups in total. The maximum absolute atomic E-state index is 5.86. The molecule has 1 aliphatic rings. The molecule has 2 aromatic carbocycles. The molecule has 0 amide bonds. The third-order valence-electron chi connectivity index (χ3n) is 5.09. The standard InChI is InChI=1S/C23H21N5O2/c1-28-13-18(22(27-28)15-6-4-3-5-7-15)23-16-10-17(21-12-24-8-9-30-21)20(29-2)11-19(16)25-14-26-23/h3-7,10-14,24H,8-9H2,1-2H3. The molecule has 3 heterocycles. The second-order valence-electron chi connectivity index (χ2n) is 7.03. The highest BCUT2D eigenvalue weighted by molar-refractivity contribution is 5.98. The fourth-order valence-electron chi connectivity index (χ4n) is 3.71. The Morgan fingerprint density at radius 1 is 1.07 bits per heavy atom. The minimum Gasteiger partial charge on any atom is -0.496 e. The molecule has 7 heteroatoms. The van der Waals surface area contributed by atoms with Crippen molar-refractivity contribution in [3.63, 3.8) is 0 Å². The Morgan fingerprint density at radius 2 is 1.93 bits per heavy atom. The summed E-state index contributed by atoms with van der Waals surface area (Å²) in [5.41, 5.74) is 5.34. The monoisotopic (exact) mass is 399 g/mol. The van der Waals surface area contributed by atoms with E-state index in [1.807, 2.05) is 54.5 Å². The fraction of sp³-hybridized carbons (Fsp3) is 0.174. The maximum Gasteiger partial charge on any atom is 0.145 e. The number of nitrogens with zero attached hydrogens (tertiary/aromatic N) is 4. The lowest BCUT2D eigenvalue weighted by molar-refractivity contribution is 0.263. The van der Waals surface area contributed by atoms with Crippen LogP contribution in [0.5, 0.6) is 5.75 Å². The highest BCUT2D eigenvalue weighted by Crippen LogP contribution is 2.37. The minimum atomic E-state index is 0.603. The van der Waals surface area contributed by atoms with Gasteiger partial charge in [-0.2, -0.15) is 5.10 Å². The molecular weight excluding hydrogens is 378 g/mol. The number of fused-ring (bicyclic) bond motifs is 1. The van der Waals surface area contributed by atoms with Crippen molar-refractivity contribution < 1.29 is 9.47 Å². The number of aryl methyl sites for hydroxylation is 1. The average Bonchev–Trinajstić information content (AvgIpc) is 3.20. The van der Waals surface area contributed by atoms with Gasteiger partial charge in [0.05, 0.1) is 23.9 Å². The molecule has 0 fully saturated rings. The molecule has 0 aliphatic carbocycles. The summed E-state index contributed by atoms with van der Waals surface area (Å²) >= 11 is 0. The van der Waals surface area contributed by atoms with Crippen molar-refractivity contribution in [3.8, 4) is 28.3 Å². The van der Waals surface area contributed by atoms with Gasteiger partial charge in [-0.1, -0.05) is 30.3 Å². The van der Waals surface area contributed by atoms with Crippen LogP contribution in [0.3, 0.4) is 0 Å². The predicted molar refractivity (Wildman–Crippen MR) is 116 cm³/mol. The number of rotatable bonds is 4. The third-order valence-corrected chi connectivity index (χ3v) is 5.09. The van der Waals surface area contributed by atoms with E-state index in [2.05, 4.69) is 27.4 Å². The van der Waals surface area contributed by atoms with Crippen LogP contribution in [0.15, 0.2) is 61.2 Å². The lowest BCUT2D eigenvalue weighted by Gasteiger charge is -2.19. The molecule has 0 unspecified atom stereocenters. The number of ether oxygens (including phenoxy) is 2. The van der Waals surface area contributed by atoms with Gasteiger partial charge in [0.25, 0.3) is 0 Å². The van der Waals surface area contributed by atoms with Crippen LogP contribution in [0.2, 0.25) is 0 Å². The molecule has 30 heavy (non-hydrogen) atoms. The molecule has 7 nitrogen and oxygen atoms in total. The van der Waals surface area contributed by atoms with E-state index < -0.39 is 0 Å². The molecule has 0 spiro atoms. The Balaban J connectivity index is 1.74. The third kappa shape index (κ3) is 3.14. The van der Waals surface area contributed by atoms with Crippen molar-refractivity contribution in [2.24, 2.45) is 7.05 Å². The van der Waals surface area contributed by atoms with Crippen LogP contribution in [0.4, 0.5) is 0 Å². The molecule has 150 valence electrons. The first-order valence-electron chi connectivity index (χ1n) is 9.73. The van der Waals surface area contributed by atoms with Gasteiger partial charge >= 0.3 is 0 Å². The van der Waals surface area contributed by atoms with Gasteiger partial charge in [0, 0.05) is 48.6 Å². The largest absolute Gasteiger partial charge is 0.496 e. The Hall–Kier alpha value is -3.87. The zero-order valence-corrected chi connectivity index (χ0v) is 16.8. The number of hydrogen-bond acceptors (Lipinski definition) is 6. The van der Waals surface area contributed by atoms with Crippen molar-refractivity contribution in [1.29, 1.82) is 0 Å². The van der Waals surface area contributed by atoms with E-state index >= 15 is 0 Å². The molecule has 1 aliphatic heterocycles. The van der Waals surface area contributed by atoms with Gasteiger partial charge < -0.3 is 14.8 Å². The van der Waals surface area contributed by atoms with Gasteiger partial charge in [-0.3, -0.25) is 4.68 Å². The Labute approximate surface area is 174 Å². The van der Waals surface area contributed by atoms with Crippen LogP contribution in [0, 0.1) is 0 Å². The van der Waals surface area contributed by atoms with Gasteiger partial charge in [-0.25, -0.2) is 9.97 Å². The second kappa shape index (κ2) is 7.51. The molecular formula is C23H21N5O2. The molecule has 0 bridgehead atoms. The quantitative estimate of drug-likeness (QED) is 0.565. The van der Waals surface area contributed by atoms with Crippen molar-refractivity contribution in [2.75, 3.05) is 20.3 Å². The van der Waals surface area contributed by atoms with E-state index in [1.165, 1.54) is 0 Å². The van der Waals surface area contributed by atoms with Crippen LogP contribution in [0.1, 0.15) is 5.56 Å². The summed E-state index contributed by atoms with van der Waals surface area (Å²) in [6.07, 6.45) is 5.44. The summed E-state index contributed by atoms with van der Waals surface area (Å²) in [4.78, 5) is 9.11. The zero-order chi connectivity index (χ0) is 20.5. The topological polar surface area (TPSA) is 74.1 Å². The van der Waals surface area contributed by atoms with Gasteiger partial charge in [-0.05, 0) is 6.07 Å². The van der Waals surface area contributed by atoms with Gasteiger partial charge in [-0.15, -0.1) is 0 Å². The summed E-state index contributed by atoms with van der Waals surface area (Å²) in [6.45, 7) is 1.38. The maximum atomic E-state index is 5.86. The first-order chi connectivity index (χ1) is 14.7. The highest BCUT2D eigenvalue weighted by atomic mass is 16.5. The summed E-state index contributed by atoms with van der Waals surface area (Å²) < 4.78 is 13.3. The first-order valence-corrected chi connectivity index (χ1v) is 9.73.